The lowest BCUT2D eigenvalue weighted by molar-refractivity contribution is -0.116. The molecule has 1 saturated heterocycles. The molecular formula is C17H24ClN3OS. The minimum absolute atomic E-state index is 0. The first-order chi connectivity index (χ1) is 10.7. The van der Waals surface area contributed by atoms with Gasteiger partial charge in [0.05, 0.1) is 6.04 Å². The second kappa shape index (κ2) is 8.60. The highest BCUT2D eigenvalue weighted by molar-refractivity contribution is 8.14. The van der Waals surface area contributed by atoms with E-state index in [9.17, 15) is 4.79 Å². The SMILES string of the molecule is CN1/C(=N/C2CCCC2)SCC1CC(=O)Nc1ccccc1.Cl. The van der Waals surface area contributed by atoms with Crippen LogP contribution in [0.4, 0.5) is 5.69 Å². The molecule has 3 rings (SSSR count). The van der Waals surface area contributed by atoms with Crippen molar-refractivity contribution in [3.63, 3.8) is 0 Å². The number of benzene rings is 1. The van der Waals surface area contributed by atoms with Crippen molar-refractivity contribution in [3.05, 3.63) is 30.3 Å². The van der Waals surface area contributed by atoms with Crippen molar-refractivity contribution in [2.24, 2.45) is 4.99 Å². The standard InChI is InChI=1S/C17H23N3OS.ClH/c1-20-15(11-16(21)18-13-7-3-2-4-8-13)12-22-17(20)19-14-9-5-6-10-14;/h2-4,7-8,14-15H,5-6,9-12H2,1H3,(H,18,21);1H/b19-17-;. The van der Waals surface area contributed by atoms with Crippen molar-refractivity contribution in [2.45, 2.75) is 44.2 Å². The maximum absolute atomic E-state index is 12.2. The predicted molar refractivity (Wildman–Crippen MR) is 101 cm³/mol. The minimum Gasteiger partial charge on any atom is -0.350 e. The number of nitrogens with one attached hydrogen (secondary N) is 1. The van der Waals surface area contributed by atoms with Crippen LogP contribution in [0.2, 0.25) is 0 Å². The van der Waals surface area contributed by atoms with Gasteiger partial charge in [0.2, 0.25) is 5.91 Å². The Labute approximate surface area is 148 Å². The highest BCUT2D eigenvalue weighted by Crippen LogP contribution is 2.28. The minimum atomic E-state index is 0. The summed E-state index contributed by atoms with van der Waals surface area (Å²) in [4.78, 5) is 19.2. The van der Waals surface area contributed by atoms with E-state index in [0.29, 0.717) is 12.5 Å². The average Bonchev–Trinajstić information content (AvgIpc) is 3.14. The van der Waals surface area contributed by atoms with Crippen LogP contribution < -0.4 is 5.32 Å². The maximum Gasteiger partial charge on any atom is 0.226 e. The quantitative estimate of drug-likeness (QED) is 0.895. The molecule has 2 aliphatic rings. The molecule has 4 nitrogen and oxygen atoms in total. The molecule has 1 aromatic carbocycles. The number of thioether (sulfide) groups is 1. The Morgan fingerprint density at radius 1 is 1.30 bits per heavy atom. The maximum atomic E-state index is 12.2. The summed E-state index contributed by atoms with van der Waals surface area (Å²) in [5.74, 6) is 1.02. The molecule has 23 heavy (non-hydrogen) atoms. The van der Waals surface area contributed by atoms with E-state index in [2.05, 4.69) is 17.3 Å². The van der Waals surface area contributed by atoms with E-state index in [4.69, 9.17) is 4.99 Å². The highest BCUT2D eigenvalue weighted by Gasteiger charge is 2.30. The number of anilines is 1. The number of nitrogens with zero attached hydrogens (tertiary/aromatic N) is 2. The molecule has 6 heteroatoms. The number of amides is 1. The van der Waals surface area contributed by atoms with Gasteiger partial charge in [0, 0.05) is 31.0 Å². The highest BCUT2D eigenvalue weighted by atomic mass is 35.5. The lowest BCUT2D eigenvalue weighted by Crippen LogP contribution is -2.34. The van der Waals surface area contributed by atoms with Crippen LogP contribution in [0.15, 0.2) is 35.3 Å². The van der Waals surface area contributed by atoms with Gasteiger partial charge < -0.3 is 10.2 Å². The lowest BCUT2D eigenvalue weighted by atomic mass is 10.2. The fraction of sp³-hybridized carbons (Fsp3) is 0.529. The molecule has 0 radical (unpaired) electrons. The first-order valence-electron chi connectivity index (χ1n) is 8.00. The third kappa shape index (κ3) is 4.88. The average molecular weight is 354 g/mol. The van der Waals surface area contributed by atoms with Crippen LogP contribution in [0, 0.1) is 0 Å². The van der Waals surface area contributed by atoms with E-state index in [1.165, 1.54) is 25.7 Å². The van der Waals surface area contributed by atoms with Gasteiger partial charge in [-0.25, -0.2) is 0 Å². The zero-order valence-electron chi connectivity index (χ0n) is 13.4. The van der Waals surface area contributed by atoms with Gasteiger partial charge in [-0.05, 0) is 25.0 Å². The summed E-state index contributed by atoms with van der Waals surface area (Å²) in [6.07, 6.45) is 5.56. The fourth-order valence-corrected chi connectivity index (χ4v) is 4.26. The van der Waals surface area contributed by atoms with E-state index in [1.54, 1.807) is 11.8 Å². The number of hydrogen-bond donors (Lipinski definition) is 1. The molecule has 1 unspecified atom stereocenters. The van der Waals surface area contributed by atoms with Gasteiger partial charge >= 0.3 is 0 Å². The normalized spacial score (nSPS) is 23.1. The molecule has 126 valence electrons. The van der Waals surface area contributed by atoms with Crippen molar-refractivity contribution in [1.82, 2.24) is 4.90 Å². The summed E-state index contributed by atoms with van der Waals surface area (Å²) in [5, 5.41) is 4.08. The van der Waals surface area contributed by atoms with E-state index in [1.807, 2.05) is 30.3 Å². The van der Waals surface area contributed by atoms with Crippen LogP contribution in [0.1, 0.15) is 32.1 Å². The van der Waals surface area contributed by atoms with Gasteiger partial charge in [0.25, 0.3) is 0 Å². The second-order valence-corrected chi connectivity index (χ2v) is 7.03. The Kier molecular flexibility index (Phi) is 6.78. The molecule has 1 aliphatic heterocycles. The molecule has 1 aromatic rings. The van der Waals surface area contributed by atoms with E-state index in [-0.39, 0.29) is 24.4 Å². The fourth-order valence-electron chi connectivity index (χ4n) is 3.00. The zero-order chi connectivity index (χ0) is 15.4. The number of hydrogen-bond acceptors (Lipinski definition) is 3. The molecule has 0 bridgehead atoms. The number of amidine groups is 1. The number of halogens is 1. The van der Waals surface area contributed by atoms with Crippen LogP contribution in [-0.4, -0.2) is 40.9 Å². The molecule has 0 aromatic heterocycles. The number of aliphatic imine (C=N–C) groups is 1. The van der Waals surface area contributed by atoms with Gasteiger partial charge in [-0.2, -0.15) is 0 Å². The predicted octanol–water partition coefficient (Wildman–Crippen LogP) is 3.78. The molecule has 1 N–H and O–H groups in total. The summed E-state index contributed by atoms with van der Waals surface area (Å²) >= 11 is 1.79. The molecule has 1 saturated carbocycles. The largest absolute Gasteiger partial charge is 0.350 e. The van der Waals surface area contributed by atoms with Crippen LogP contribution in [-0.2, 0) is 4.79 Å². The van der Waals surface area contributed by atoms with Crippen molar-refractivity contribution in [1.29, 1.82) is 0 Å². The zero-order valence-corrected chi connectivity index (χ0v) is 15.0. The third-order valence-corrected chi connectivity index (χ3v) is 5.55. The van der Waals surface area contributed by atoms with Crippen LogP contribution >= 0.6 is 24.2 Å². The molecule has 1 heterocycles. The van der Waals surface area contributed by atoms with Crippen LogP contribution in [0.3, 0.4) is 0 Å². The molecule has 1 amide bonds. The van der Waals surface area contributed by atoms with Gasteiger partial charge in [0.1, 0.15) is 0 Å². The molecule has 0 spiro atoms. The molecule has 1 atom stereocenters. The van der Waals surface area contributed by atoms with E-state index >= 15 is 0 Å². The monoisotopic (exact) mass is 353 g/mol. The van der Waals surface area contributed by atoms with Crippen molar-refractivity contribution < 1.29 is 4.79 Å². The van der Waals surface area contributed by atoms with Crippen LogP contribution in [0.25, 0.3) is 0 Å². The van der Waals surface area contributed by atoms with Gasteiger partial charge in [-0.1, -0.05) is 42.8 Å². The van der Waals surface area contributed by atoms with Gasteiger partial charge in [0.15, 0.2) is 5.17 Å². The topological polar surface area (TPSA) is 44.7 Å². The summed E-state index contributed by atoms with van der Waals surface area (Å²) < 4.78 is 0. The Morgan fingerprint density at radius 2 is 2.00 bits per heavy atom. The van der Waals surface area contributed by atoms with Gasteiger partial charge in [-0.15, -0.1) is 12.4 Å². The summed E-state index contributed by atoms with van der Waals surface area (Å²) in [6.45, 7) is 0. The molecule has 2 fully saturated rings. The number of carbonyl (C=O) groups excluding carboxylic acids is 1. The van der Waals surface area contributed by atoms with E-state index < -0.39 is 0 Å². The summed E-state index contributed by atoms with van der Waals surface area (Å²) in [5.41, 5.74) is 0.862. The number of carbonyl (C=O) groups is 1. The first-order valence-corrected chi connectivity index (χ1v) is 8.99. The Hall–Kier alpha value is -1.20. The number of rotatable bonds is 4. The Balaban J connectivity index is 0.00000192. The Morgan fingerprint density at radius 3 is 2.70 bits per heavy atom. The molecular weight excluding hydrogens is 330 g/mol. The van der Waals surface area contributed by atoms with Crippen molar-refractivity contribution in [2.75, 3.05) is 18.1 Å². The van der Waals surface area contributed by atoms with E-state index in [0.717, 1.165) is 16.6 Å². The molecule has 1 aliphatic carbocycles. The van der Waals surface area contributed by atoms with Crippen molar-refractivity contribution in [3.8, 4) is 0 Å². The smallest absolute Gasteiger partial charge is 0.226 e. The first kappa shape index (κ1) is 18.1. The Bertz CT molecular complexity index is 546. The van der Waals surface area contributed by atoms with Gasteiger partial charge in [-0.3, -0.25) is 9.79 Å². The van der Waals surface area contributed by atoms with Crippen molar-refractivity contribution >= 4 is 40.9 Å². The summed E-state index contributed by atoms with van der Waals surface area (Å²) in [6, 6.07) is 10.4. The third-order valence-electron chi connectivity index (χ3n) is 4.35. The number of para-hydroxylation sites is 1. The van der Waals surface area contributed by atoms with Crippen LogP contribution in [0.5, 0.6) is 0 Å². The summed E-state index contributed by atoms with van der Waals surface area (Å²) in [7, 11) is 2.06. The lowest BCUT2D eigenvalue weighted by Gasteiger charge is -2.21. The second-order valence-electron chi connectivity index (χ2n) is 6.04.